The second-order valence-corrected chi connectivity index (χ2v) is 8.04. The minimum absolute atomic E-state index is 0.102. The summed E-state index contributed by atoms with van der Waals surface area (Å²) in [6.45, 7) is 5.30. The highest BCUT2D eigenvalue weighted by atomic mass is 16.5. The van der Waals surface area contributed by atoms with Crippen molar-refractivity contribution in [2.24, 2.45) is 11.3 Å². The second-order valence-electron chi connectivity index (χ2n) is 8.04. The number of amides is 1. The number of aliphatic hydroxyl groups is 1. The van der Waals surface area contributed by atoms with Crippen molar-refractivity contribution in [3.63, 3.8) is 0 Å². The van der Waals surface area contributed by atoms with Crippen molar-refractivity contribution in [1.82, 2.24) is 10.2 Å². The van der Waals surface area contributed by atoms with Crippen LogP contribution in [0.2, 0.25) is 0 Å². The molecule has 3 rings (SSSR count). The maximum absolute atomic E-state index is 12.2. The van der Waals surface area contributed by atoms with Crippen LogP contribution in [0.5, 0.6) is 5.75 Å². The Morgan fingerprint density at radius 2 is 2.12 bits per heavy atom. The van der Waals surface area contributed by atoms with E-state index in [-0.39, 0.29) is 24.0 Å². The van der Waals surface area contributed by atoms with E-state index in [1.165, 1.54) is 0 Å². The summed E-state index contributed by atoms with van der Waals surface area (Å²) in [7, 11) is 2.12. The maximum atomic E-state index is 12.2. The van der Waals surface area contributed by atoms with Gasteiger partial charge in [0.05, 0.1) is 23.8 Å². The Hall–Kier alpha value is -2.10. The second kappa shape index (κ2) is 7.26. The Kier molecular flexibility index (Phi) is 5.22. The van der Waals surface area contributed by atoms with E-state index in [4.69, 9.17) is 10.00 Å². The SMILES string of the molecule is CC(C)C1N(C)CC12C[C@@H](O)[C@H](NC(=O)COc1ccc(C#N)cc1)C2. The van der Waals surface area contributed by atoms with Crippen LogP contribution in [-0.2, 0) is 4.79 Å². The molecule has 1 saturated heterocycles. The summed E-state index contributed by atoms with van der Waals surface area (Å²) in [4.78, 5) is 14.6. The van der Waals surface area contributed by atoms with Gasteiger partial charge >= 0.3 is 0 Å². The van der Waals surface area contributed by atoms with E-state index in [0.29, 0.717) is 23.3 Å². The van der Waals surface area contributed by atoms with Crippen LogP contribution in [0.3, 0.4) is 0 Å². The molecule has 1 amide bonds. The number of likely N-dealkylation sites (tertiary alicyclic amines) is 1. The molecule has 6 heteroatoms. The number of nitrogens with zero attached hydrogens (tertiary/aromatic N) is 2. The average molecular weight is 357 g/mol. The van der Waals surface area contributed by atoms with Crippen molar-refractivity contribution >= 4 is 5.91 Å². The van der Waals surface area contributed by atoms with Gasteiger partial charge in [-0.15, -0.1) is 0 Å². The van der Waals surface area contributed by atoms with E-state index in [0.717, 1.165) is 19.4 Å². The van der Waals surface area contributed by atoms with Gasteiger partial charge < -0.3 is 20.1 Å². The molecule has 1 aliphatic carbocycles. The molecule has 6 nitrogen and oxygen atoms in total. The molecule has 1 saturated carbocycles. The van der Waals surface area contributed by atoms with Gasteiger partial charge in [-0.3, -0.25) is 4.79 Å². The molecule has 1 aliphatic heterocycles. The molecule has 0 bridgehead atoms. The minimum atomic E-state index is -0.510. The summed E-state index contributed by atoms with van der Waals surface area (Å²) in [5, 5.41) is 22.2. The fraction of sp³-hybridized carbons (Fsp3) is 0.600. The van der Waals surface area contributed by atoms with Crippen LogP contribution < -0.4 is 10.1 Å². The highest BCUT2D eigenvalue weighted by Crippen LogP contribution is 2.52. The molecule has 140 valence electrons. The lowest BCUT2D eigenvalue weighted by Gasteiger charge is -2.57. The molecular weight excluding hydrogens is 330 g/mol. The molecule has 1 spiro atoms. The third-order valence-electron chi connectivity index (χ3n) is 5.70. The number of carbonyl (C=O) groups is 1. The van der Waals surface area contributed by atoms with Crippen LogP contribution in [0.15, 0.2) is 24.3 Å². The minimum Gasteiger partial charge on any atom is -0.484 e. The predicted octanol–water partition coefficient (Wildman–Crippen LogP) is 1.53. The van der Waals surface area contributed by atoms with Gasteiger partial charge in [-0.05, 0) is 50.1 Å². The summed E-state index contributed by atoms with van der Waals surface area (Å²) in [5.41, 5.74) is 0.653. The lowest BCUT2D eigenvalue weighted by molar-refractivity contribution is -0.124. The van der Waals surface area contributed by atoms with Crippen molar-refractivity contribution in [3.05, 3.63) is 29.8 Å². The van der Waals surface area contributed by atoms with E-state index in [1.54, 1.807) is 24.3 Å². The zero-order valence-corrected chi connectivity index (χ0v) is 15.6. The van der Waals surface area contributed by atoms with Crippen molar-refractivity contribution in [2.75, 3.05) is 20.2 Å². The van der Waals surface area contributed by atoms with Gasteiger partial charge in [-0.2, -0.15) is 5.26 Å². The van der Waals surface area contributed by atoms with Crippen molar-refractivity contribution < 1.29 is 14.6 Å². The standard InChI is InChI=1S/C20H27N3O3/c1-13(2)19-20(12-23(19)3)8-16(17(24)9-20)22-18(25)11-26-15-6-4-14(10-21)5-7-15/h4-7,13,16-17,19,24H,8-9,11-12H2,1-3H3,(H,22,25)/t16-,17-,19?,20?/m1/s1. The Morgan fingerprint density at radius 3 is 2.69 bits per heavy atom. The molecule has 1 aromatic carbocycles. The maximum Gasteiger partial charge on any atom is 0.258 e. The van der Waals surface area contributed by atoms with Crippen molar-refractivity contribution in [2.45, 2.75) is 44.9 Å². The van der Waals surface area contributed by atoms with Crippen LogP contribution >= 0.6 is 0 Å². The lowest BCUT2D eigenvalue weighted by atomic mass is 9.66. The summed E-state index contributed by atoms with van der Waals surface area (Å²) >= 11 is 0. The zero-order valence-electron chi connectivity index (χ0n) is 15.6. The Balaban J connectivity index is 1.52. The van der Waals surface area contributed by atoms with Crippen LogP contribution in [0.4, 0.5) is 0 Å². The first-order valence-corrected chi connectivity index (χ1v) is 9.15. The monoisotopic (exact) mass is 357 g/mol. The smallest absolute Gasteiger partial charge is 0.258 e. The number of ether oxygens (including phenoxy) is 1. The van der Waals surface area contributed by atoms with Gasteiger partial charge in [-0.25, -0.2) is 0 Å². The van der Waals surface area contributed by atoms with E-state index in [1.807, 2.05) is 6.07 Å². The van der Waals surface area contributed by atoms with Crippen LogP contribution in [0.1, 0.15) is 32.3 Å². The predicted molar refractivity (Wildman–Crippen MR) is 97.5 cm³/mol. The third-order valence-corrected chi connectivity index (χ3v) is 5.70. The Morgan fingerprint density at radius 1 is 1.42 bits per heavy atom. The largest absolute Gasteiger partial charge is 0.484 e. The molecule has 2 unspecified atom stereocenters. The number of aliphatic hydroxyl groups excluding tert-OH is 1. The molecule has 2 aliphatic rings. The van der Waals surface area contributed by atoms with Gasteiger partial charge in [0, 0.05) is 18.0 Å². The fourth-order valence-corrected chi connectivity index (χ4v) is 5.02. The molecule has 0 aromatic heterocycles. The molecular formula is C20H27N3O3. The van der Waals surface area contributed by atoms with Gasteiger partial charge in [0.1, 0.15) is 5.75 Å². The van der Waals surface area contributed by atoms with Crippen LogP contribution in [0.25, 0.3) is 0 Å². The van der Waals surface area contributed by atoms with E-state index in [2.05, 4.69) is 31.1 Å². The zero-order chi connectivity index (χ0) is 18.9. The molecule has 1 aromatic rings. The lowest BCUT2D eigenvalue weighted by Crippen LogP contribution is -2.64. The van der Waals surface area contributed by atoms with Gasteiger partial charge in [0.2, 0.25) is 0 Å². The van der Waals surface area contributed by atoms with Gasteiger partial charge in [0.25, 0.3) is 5.91 Å². The third kappa shape index (κ3) is 3.55. The summed E-state index contributed by atoms with van der Waals surface area (Å²) < 4.78 is 5.47. The number of nitrogens with one attached hydrogen (secondary N) is 1. The van der Waals surface area contributed by atoms with E-state index >= 15 is 0 Å². The molecule has 26 heavy (non-hydrogen) atoms. The molecule has 0 radical (unpaired) electrons. The first-order chi connectivity index (χ1) is 12.3. The molecule has 2 fully saturated rings. The summed E-state index contributed by atoms with van der Waals surface area (Å²) in [6, 6.07) is 8.91. The van der Waals surface area contributed by atoms with E-state index < -0.39 is 6.10 Å². The van der Waals surface area contributed by atoms with Gasteiger partial charge in [-0.1, -0.05) is 13.8 Å². The first kappa shape index (κ1) is 18.7. The highest BCUT2D eigenvalue weighted by Gasteiger charge is 2.58. The highest BCUT2D eigenvalue weighted by molar-refractivity contribution is 5.78. The van der Waals surface area contributed by atoms with Crippen molar-refractivity contribution in [1.29, 1.82) is 5.26 Å². The quantitative estimate of drug-likeness (QED) is 0.835. The van der Waals surface area contributed by atoms with Crippen LogP contribution in [0, 0.1) is 22.7 Å². The number of benzene rings is 1. The Bertz CT molecular complexity index is 692. The normalized spacial score (nSPS) is 30.8. The average Bonchev–Trinajstić information content (AvgIpc) is 2.90. The molecule has 1 heterocycles. The van der Waals surface area contributed by atoms with Crippen LogP contribution in [-0.4, -0.2) is 54.3 Å². The number of hydrogen-bond donors (Lipinski definition) is 2. The Labute approximate surface area is 154 Å². The fourth-order valence-electron chi connectivity index (χ4n) is 5.02. The molecule has 2 N–H and O–H groups in total. The number of hydrogen-bond acceptors (Lipinski definition) is 5. The number of nitriles is 1. The number of rotatable bonds is 5. The molecule has 4 atom stereocenters. The first-order valence-electron chi connectivity index (χ1n) is 9.15. The summed E-state index contributed by atoms with van der Waals surface area (Å²) in [6.07, 6.45) is 1.04. The topological polar surface area (TPSA) is 85.6 Å². The van der Waals surface area contributed by atoms with Gasteiger partial charge in [0.15, 0.2) is 6.61 Å². The van der Waals surface area contributed by atoms with E-state index in [9.17, 15) is 9.90 Å². The van der Waals surface area contributed by atoms with Crippen molar-refractivity contribution in [3.8, 4) is 11.8 Å². The summed E-state index contributed by atoms with van der Waals surface area (Å²) in [5.74, 6) is 0.836. The number of carbonyl (C=O) groups excluding carboxylic acids is 1.